The van der Waals surface area contributed by atoms with E-state index >= 15 is 0 Å². The fourth-order valence-electron chi connectivity index (χ4n) is 3.53. The largest absolute Gasteiger partial charge is 0.378 e. The maximum atomic E-state index is 12.4. The summed E-state index contributed by atoms with van der Waals surface area (Å²) in [5, 5.41) is 4.58. The van der Waals surface area contributed by atoms with Crippen LogP contribution in [0, 0.1) is 13.8 Å². The highest BCUT2D eigenvalue weighted by Crippen LogP contribution is 2.24. The van der Waals surface area contributed by atoms with Crippen molar-refractivity contribution in [3.63, 3.8) is 0 Å². The Morgan fingerprint density at radius 2 is 2.24 bits per heavy atom. The molecule has 2 fully saturated rings. The lowest BCUT2D eigenvalue weighted by atomic mass is 10.0. The van der Waals surface area contributed by atoms with Crippen molar-refractivity contribution in [2.45, 2.75) is 58.1 Å². The van der Waals surface area contributed by atoms with Gasteiger partial charge in [0.2, 0.25) is 5.91 Å². The maximum Gasteiger partial charge on any atom is 0.225 e. The summed E-state index contributed by atoms with van der Waals surface area (Å²) in [6.07, 6.45) is 4.97. The van der Waals surface area contributed by atoms with Crippen molar-refractivity contribution >= 4 is 5.91 Å². The molecule has 1 aromatic heterocycles. The van der Waals surface area contributed by atoms with Gasteiger partial charge in [0.25, 0.3) is 0 Å². The van der Waals surface area contributed by atoms with Gasteiger partial charge in [-0.3, -0.25) is 9.48 Å². The van der Waals surface area contributed by atoms with Crippen molar-refractivity contribution < 1.29 is 9.53 Å². The first-order valence-electron chi connectivity index (χ1n) is 8.05. The van der Waals surface area contributed by atoms with Crippen LogP contribution >= 0.6 is 0 Å². The summed E-state index contributed by atoms with van der Waals surface area (Å²) < 4.78 is 7.68. The second kappa shape index (κ2) is 6.18. The number of ether oxygens (including phenoxy) is 1. The Morgan fingerprint density at radius 3 is 2.90 bits per heavy atom. The smallest absolute Gasteiger partial charge is 0.225 e. The molecule has 0 bridgehead atoms. The number of hydrogen-bond donors (Lipinski definition) is 0. The van der Waals surface area contributed by atoms with Crippen LogP contribution in [0.25, 0.3) is 0 Å². The van der Waals surface area contributed by atoms with E-state index in [1.807, 2.05) is 11.8 Å². The number of aryl methyl sites for hydroxylation is 2. The summed E-state index contributed by atoms with van der Waals surface area (Å²) in [5.74, 6) is 0.244. The summed E-state index contributed by atoms with van der Waals surface area (Å²) in [7, 11) is 0. The van der Waals surface area contributed by atoms with Crippen LogP contribution in [-0.2, 0) is 9.53 Å². The highest BCUT2D eigenvalue weighted by atomic mass is 16.5. The number of carbonyl (C=O) groups is 1. The minimum atomic E-state index is 0.145. The van der Waals surface area contributed by atoms with Gasteiger partial charge in [-0.25, -0.2) is 0 Å². The van der Waals surface area contributed by atoms with Crippen molar-refractivity contribution in [2.75, 3.05) is 19.7 Å². The molecule has 1 amide bonds. The SMILES string of the molecule is Cc1cc(C)n([C@@H]2CCCN(C(=O)C[C@H]3CCCO3)C2)n1. The van der Waals surface area contributed by atoms with E-state index in [4.69, 9.17) is 4.74 Å². The molecule has 0 N–H and O–H groups in total. The Labute approximate surface area is 126 Å². The van der Waals surface area contributed by atoms with Gasteiger partial charge in [0.05, 0.1) is 24.3 Å². The van der Waals surface area contributed by atoms with Crippen molar-refractivity contribution in [1.29, 1.82) is 0 Å². The zero-order valence-corrected chi connectivity index (χ0v) is 13.0. The molecule has 3 heterocycles. The zero-order valence-electron chi connectivity index (χ0n) is 13.0. The van der Waals surface area contributed by atoms with Gasteiger partial charge >= 0.3 is 0 Å². The molecular weight excluding hydrogens is 266 g/mol. The first-order chi connectivity index (χ1) is 10.1. The first kappa shape index (κ1) is 14.6. The summed E-state index contributed by atoms with van der Waals surface area (Å²) in [4.78, 5) is 14.4. The molecule has 2 saturated heterocycles. The summed E-state index contributed by atoms with van der Waals surface area (Å²) in [6, 6.07) is 2.42. The van der Waals surface area contributed by atoms with Crippen molar-refractivity contribution in [1.82, 2.24) is 14.7 Å². The average Bonchev–Trinajstić information content (AvgIpc) is 3.08. The highest BCUT2D eigenvalue weighted by Gasteiger charge is 2.28. The van der Waals surface area contributed by atoms with Gasteiger partial charge in [-0.05, 0) is 45.6 Å². The quantitative estimate of drug-likeness (QED) is 0.858. The van der Waals surface area contributed by atoms with E-state index in [2.05, 4.69) is 22.8 Å². The second-order valence-corrected chi connectivity index (χ2v) is 6.35. The van der Waals surface area contributed by atoms with Crippen molar-refractivity contribution in [3.05, 3.63) is 17.5 Å². The molecule has 0 radical (unpaired) electrons. The van der Waals surface area contributed by atoms with Gasteiger partial charge in [0.1, 0.15) is 0 Å². The number of amides is 1. The molecule has 0 unspecified atom stereocenters. The third kappa shape index (κ3) is 3.28. The Balaban J connectivity index is 1.62. The maximum absolute atomic E-state index is 12.4. The standard InChI is InChI=1S/C16H25N3O2/c1-12-9-13(2)19(17-12)14-5-3-7-18(11-14)16(20)10-15-6-4-8-21-15/h9,14-15H,3-8,10-11H2,1-2H3/t14-,15-/m1/s1. The van der Waals surface area contributed by atoms with Crippen LogP contribution in [0.3, 0.4) is 0 Å². The lowest BCUT2D eigenvalue weighted by molar-refractivity contribution is -0.135. The number of likely N-dealkylation sites (tertiary alicyclic amines) is 1. The fourth-order valence-corrected chi connectivity index (χ4v) is 3.53. The lowest BCUT2D eigenvalue weighted by Gasteiger charge is -2.34. The molecule has 0 aliphatic carbocycles. The lowest BCUT2D eigenvalue weighted by Crippen LogP contribution is -2.42. The molecule has 2 atom stereocenters. The Bertz CT molecular complexity index is 506. The average molecular weight is 291 g/mol. The van der Waals surface area contributed by atoms with Crippen LogP contribution in [0.5, 0.6) is 0 Å². The second-order valence-electron chi connectivity index (χ2n) is 6.35. The molecule has 116 valence electrons. The van der Waals surface area contributed by atoms with Gasteiger partial charge < -0.3 is 9.64 Å². The zero-order chi connectivity index (χ0) is 14.8. The van der Waals surface area contributed by atoms with Crippen LogP contribution in [0.2, 0.25) is 0 Å². The van der Waals surface area contributed by atoms with Gasteiger partial charge in [-0.1, -0.05) is 0 Å². The van der Waals surface area contributed by atoms with E-state index in [9.17, 15) is 4.79 Å². The highest BCUT2D eigenvalue weighted by molar-refractivity contribution is 5.76. The normalized spacial score (nSPS) is 26.3. The number of hydrogen-bond acceptors (Lipinski definition) is 3. The molecule has 21 heavy (non-hydrogen) atoms. The molecule has 0 aromatic carbocycles. The summed E-state index contributed by atoms with van der Waals surface area (Å²) in [5.41, 5.74) is 2.24. The Hall–Kier alpha value is -1.36. The number of rotatable bonds is 3. The first-order valence-corrected chi connectivity index (χ1v) is 8.05. The molecule has 3 rings (SSSR count). The minimum absolute atomic E-state index is 0.145. The van der Waals surface area contributed by atoms with Gasteiger partial charge in [0.15, 0.2) is 0 Å². The number of aromatic nitrogens is 2. The molecule has 2 aliphatic heterocycles. The number of piperidine rings is 1. The molecular formula is C16H25N3O2. The summed E-state index contributed by atoms with van der Waals surface area (Å²) in [6.45, 7) is 6.58. The van der Waals surface area contributed by atoms with Gasteiger partial charge in [0, 0.05) is 25.4 Å². The van der Waals surface area contributed by atoms with E-state index in [-0.39, 0.29) is 12.0 Å². The van der Waals surface area contributed by atoms with E-state index in [1.54, 1.807) is 0 Å². The molecule has 1 aromatic rings. The number of nitrogens with zero attached hydrogens (tertiary/aromatic N) is 3. The van der Waals surface area contributed by atoms with Crippen LogP contribution in [0.4, 0.5) is 0 Å². The van der Waals surface area contributed by atoms with E-state index < -0.39 is 0 Å². The fraction of sp³-hybridized carbons (Fsp3) is 0.750. The minimum Gasteiger partial charge on any atom is -0.378 e. The summed E-state index contributed by atoms with van der Waals surface area (Å²) >= 11 is 0. The molecule has 5 nitrogen and oxygen atoms in total. The monoisotopic (exact) mass is 291 g/mol. The predicted octanol–water partition coefficient (Wildman–Crippen LogP) is 2.23. The van der Waals surface area contributed by atoms with Gasteiger partial charge in [-0.15, -0.1) is 0 Å². The van der Waals surface area contributed by atoms with Crippen LogP contribution in [0.1, 0.15) is 49.5 Å². The third-order valence-corrected chi connectivity index (χ3v) is 4.57. The van der Waals surface area contributed by atoms with E-state index in [0.29, 0.717) is 12.5 Å². The van der Waals surface area contributed by atoms with Crippen LogP contribution in [-0.4, -0.2) is 46.4 Å². The van der Waals surface area contributed by atoms with Crippen molar-refractivity contribution in [2.24, 2.45) is 0 Å². The molecule has 0 saturated carbocycles. The molecule has 5 heteroatoms. The molecule has 0 spiro atoms. The van der Waals surface area contributed by atoms with E-state index in [1.165, 1.54) is 5.69 Å². The van der Waals surface area contributed by atoms with E-state index in [0.717, 1.165) is 51.1 Å². The predicted molar refractivity (Wildman–Crippen MR) is 80.1 cm³/mol. The van der Waals surface area contributed by atoms with Gasteiger partial charge in [-0.2, -0.15) is 5.10 Å². The Morgan fingerprint density at radius 1 is 1.38 bits per heavy atom. The van der Waals surface area contributed by atoms with Crippen LogP contribution in [0.15, 0.2) is 6.07 Å². The van der Waals surface area contributed by atoms with Crippen molar-refractivity contribution in [3.8, 4) is 0 Å². The van der Waals surface area contributed by atoms with Crippen LogP contribution < -0.4 is 0 Å². The topological polar surface area (TPSA) is 47.4 Å². The number of carbonyl (C=O) groups excluding carboxylic acids is 1. The molecule has 2 aliphatic rings. The third-order valence-electron chi connectivity index (χ3n) is 4.57. The Kier molecular flexibility index (Phi) is 4.29.